The quantitative estimate of drug-likeness (QED) is 0.682. The smallest absolute Gasteiger partial charge is 0.235 e. The molecule has 0 bridgehead atoms. The van der Waals surface area contributed by atoms with Crippen molar-refractivity contribution < 1.29 is 4.79 Å². The van der Waals surface area contributed by atoms with Crippen molar-refractivity contribution >= 4 is 23.1 Å². The predicted molar refractivity (Wildman–Crippen MR) is 110 cm³/mol. The molecule has 1 amide bonds. The highest BCUT2D eigenvalue weighted by Crippen LogP contribution is 2.49. The second-order valence-electron chi connectivity index (χ2n) is 8.23. The van der Waals surface area contributed by atoms with Gasteiger partial charge in [-0.25, -0.2) is 0 Å². The van der Waals surface area contributed by atoms with Crippen molar-refractivity contribution in [1.82, 2.24) is 9.59 Å². The Hall–Kier alpha value is -2.53. The highest BCUT2D eigenvalue weighted by Gasteiger charge is 2.51. The van der Waals surface area contributed by atoms with Crippen LogP contribution in [0.5, 0.6) is 0 Å². The van der Waals surface area contributed by atoms with Crippen LogP contribution >= 0.6 is 11.5 Å². The van der Waals surface area contributed by atoms with Crippen LogP contribution < -0.4 is 5.32 Å². The van der Waals surface area contributed by atoms with Gasteiger partial charge in [0.15, 0.2) is 0 Å². The van der Waals surface area contributed by atoms with E-state index in [1.54, 1.807) is 0 Å². The minimum atomic E-state index is -0.381. The van der Waals surface area contributed by atoms with Gasteiger partial charge in [0.25, 0.3) is 0 Å². The fourth-order valence-corrected chi connectivity index (χ4v) is 3.79. The number of aromatic nitrogens is 2. The molecule has 138 valence electrons. The SMILES string of the molecule is CC(C)(C)c1ccc(C2(C(=O)Nc3ccc(-c4csnn4)cc3)CC2)cc1. The number of benzene rings is 2. The van der Waals surface area contributed by atoms with Crippen LogP contribution in [0.2, 0.25) is 0 Å². The third-order valence-corrected chi connectivity index (χ3v) is 5.79. The number of anilines is 1. The van der Waals surface area contributed by atoms with E-state index >= 15 is 0 Å². The Morgan fingerprint density at radius 3 is 2.22 bits per heavy atom. The Morgan fingerprint density at radius 2 is 1.70 bits per heavy atom. The van der Waals surface area contributed by atoms with E-state index in [4.69, 9.17) is 0 Å². The molecule has 1 aromatic heterocycles. The highest BCUT2D eigenvalue weighted by atomic mass is 32.1. The third kappa shape index (κ3) is 3.52. The molecule has 0 atom stereocenters. The van der Waals surface area contributed by atoms with E-state index in [1.807, 2.05) is 29.6 Å². The van der Waals surface area contributed by atoms with Gasteiger partial charge in [0.05, 0.1) is 5.41 Å². The van der Waals surface area contributed by atoms with Gasteiger partial charge in [-0.1, -0.05) is 61.7 Å². The predicted octanol–water partition coefficient (Wildman–Crippen LogP) is 5.17. The third-order valence-electron chi connectivity index (χ3n) is 5.29. The molecular formula is C22H23N3OS. The lowest BCUT2D eigenvalue weighted by molar-refractivity contribution is -0.118. The van der Waals surface area contributed by atoms with E-state index in [0.29, 0.717) is 0 Å². The molecule has 1 N–H and O–H groups in total. The highest BCUT2D eigenvalue weighted by molar-refractivity contribution is 7.03. The van der Waals surface area contributed by atoms with Gasteiger partial charge in [0, 0.05) is 16.6 Å². The molecule has 4 nitrogen and oxygen atoms in total. The van der Waals surface area contributed by atoms with Gasteiger partial charge in [-0.15, -0.1) is 5.10 Å². The normalized spacial score (nSPS) is 15.4. The number of carbonyl (C=O) groups excluding carboxylic acids is 1. The summed E-state index contributed by atoms with van der Waals surface area (Å²) in [6.07, 6.45) is 1.80. The van der Waals surface area contributed by atoms with Crippen LogP contribution in [-0.4, -0.2) is 15.5 Å². The molecule has 1 heterocycles. The number of nitrogens with zero attached hydrogens (tertiary/aromatic N) is 2. The summed E-state index contributed by atoms with van der Waals surface area (Å²) in [6, 6.07) is 16.3. The van der Waals surface area contributed by atoms with E-state index in [0.717, 1.165) is 35.3 Å². The van der Waals surface area contributed by atoms with Crippen molar-refractivity contribution in [2.75, 3.05) is 5.32 Å². The number of nitrogens with one attached hydrogen (secondary N) is 1. The minimum absolute atomic E-state index is 0.0779. The Labute approximate surface area is 163 Å². The Morgan fingerprint density at radius 1 is 1.04 bits per heavy atom. The van der Waals surface area contributed by atoms with Crippen LogP contribution in [0.25, 0.3) is 11.3 Å². The van der Waals surface area contributed by atoms with Gasteiger partial charge in [-0.3, -0.25) is 4.79 Å². The maximum absolute atomic E-state index is 13.0. The summed E-state index contributed by atoms with van der Waals surface area (Å²) < 4.78 is 3.89. The average molecular weight is 378 g/mol. The van der Waals surface area contributed by atoms with Gasteiger partial charge >= 0.3 is 0 Å². The molecule has 0 unspecified atom stereocenters. The second kappa shape index (κ2) is 6.57. The average Bonchev–Trinajstić information content (AvgIpc) is 3.29. The first-order valence-corrected chi connectivity index (χ1v) is 10.0. The number of carbonyl (C=O) groups is 1. The van der Waals surface area contributed by atoms with Crippen LogP contribution in [0, 0.1) is 0 Å². The first-order chi connectivity index (χ1) is 12.9. The summed E-state index contributed by atoms with van der Waals surface area (Å²) >= 11 is 1.33. The molecule has 1 aliphatic carbocycles. The molecule has 1 fully saturated rings. The Bertz CT molecular complexity index is 935. The van der Waals surface area contributed by atoms with Crippen molar-refractivity contribution in [3.8, 4) is 11.3 Å². The van der Waals surface area contributed by atoms with Crippen LogP contribution in [0.1, 0.15) is 44.7 Å². The van der Waals surface area contributed by atoms with Crippen LogP contribution in [-0.2, 0) is 15.6 Å². The lowest BCUT2D eigenvalue weighted by Gasteiger charge is -2.21. The molecule has 2 aromatic carbocycles. The zero-order valence-electron chi connectivity index (χ0n) is 15.8. The lowest BCUT2D eigenvalue weighted by atomic mass is 9.85. The van der Waals surface area contributed by atoms with Crippen molar-refractivity contribution in [2.45, 2.75) is 44.4 Å². The van der Waals surface area contributed by atoms with E-state index < -0.39 is 0 Å². The number of rotatable bonds is 4. The maximum Gasteiger partial charge on any atom is 0.235 e. The molecule has 5 heteroatoms. The zero-order valence-corrected chi connectivity index (χ0v) is 16.6. The van der Waals surface area contributed by atoms with Gasteiger partial charge in [0.2, 0.25) is 5.91 Å². The zero-order chi connectivity index (χ0) is 19.1. The van der Waals surface area contributed by atoms with E-state index in [2.05, 4.69) is 59.9 Å². The van der Waals surface area contributed by atoms with Crippen molar-refractivity contribution in [3.63, 3.8) is 0 Å². The molecule has 3 aromatic rings. The number of hydrogen-bond donors (Lipinski definition) is 1. The fraction of sp³-hybridized carbons (Fsp3) is 0.318. The van der Waals surface area contributed by atoms with Gasteiger partial charge in [-0.2, -0.15) is 0 Å². The van der Waals surface area contributed by atoms with Gasteiger partial charge < -0.3 is 5.32 Å². The summed E-state index contributed by atoms with van der Waals surface area (Å²) in [5.41, 5.74) is 4.80. The topological polar surface area (TPSA) is 54.9 Å². The summed E-state index contributed by atoms with van der Waals surface area (Å²) in [7, 11) is 0. The van der Waals surface area contributed by atoms with Gasteiger partial charge in [0.1, 0.15) is 5.69 Å². The second-order valence-corrected chi connectivity index (χ2v) is 8.84. The fourth-order valence-electron chi connectivity index (χ4n) is 3.33. The van der Waals surface area contributed by atoms with Crippen molar-refractivity contribution in [3.05, 3.63) is 65.0 Å². The maximum atomic E-state index is 13.0. The summed E-state index contributed by atoms with van der Waals surface area (Å²) in [6.45, 7) is 6.60. The first-order valence-electron chi connectivity index (χ1n) is 9.18. The Balaban J connectivity index is 1.49. The lowest BCUT2D eigenvalue weighted by Crippen LogP contribution is -2.28. The molecule has 1 aliphatic rings. The van der Waals surface area contributed by atoms with Gasteiger partial charge in [-0.05, 0) is 53.0 Å². The number of hydrogen-bond acceptors (Lipinski definition) is 4. The van der Waals surface area contributed by atoms with Crippen molar-refractivity contribution in [1.29, 1.82) is 0 Å². The van der Waals surface area contributed by atoms with E-state index in [9.17, 15) is 4.79 Å². The molecule has 27 heavy (non-hydrogen) atoms. The van der Waals surface area contributed by atoms with Crippen molar-refractivity contribution in [2.24, 2.45) is 0 Å². The standard InChI is InChI=1S/C22H23N3OS/c1-21(2,3)16-6-8-17(9-7-16)22(12-13-22)20(26)23-18-10-4-15(5-11-18)19-14-27-25-24-19/h4-11,14H,12-13H2,1-3H3,(H,23,26). The Kier molecular flexibility index (Phi) is 4.35. The van der Waals surface area contributed by atoms with Crippen LogP contribution in [0.15, 0.2) is 53.9 Å². The molecular weight excluding hydrogens is 354 g/mol. The molecule has 4 rings (SSSR count). The van der Waals surface area contributed by atoms with Crippen LogP contribution in [0.3, 0.4) is 0 Å². The molecule has 0 aliphatic heterocycles. The van der Waals surface area contributed by atoms with E-state index in [1.165, 1.54) is 17.1 Å². The largest absolute Gasteiger partial charge is 0.325 e. The molecule has 0 saturated heterocycles. The molecule has 0 spiro atoms. The summed E-state index contributed by atoms with van der Waals surface area (Å²) in [5, 5.41) is 9.07. The molecule has 0 radical (unpaired) electrons. The first kappa shape index (κ1) is 17.9. The monoisotopic (exact) mass is 377 g/mol. The van der Waals surface area contributed by atoms with Crippen LogP contribution in [0.4, 0.5) is 5.69 Å². The number of amides is 1. The van der Waals surface area contributed by atoms with E-state index in [-0.39, 0.29) is 16.7 Å². The minimum Gasteiger partial charge on any atom is -0.325 e. The molecule has 1 saturated carbocycles. The summed E-state index contributed by atoms with van der Waals surface area (Å²) in [4.78, 5) is 13.0. The summed E-state index contributed by atoms with van der Waals surface area (Å²) in [5.74, 6) is 0.0779.